The molecule has 0 spiro atoms. The Labute approximate surface area is 117 Å². The number of rotatable bonds is 5. The van der Waals surface area contributed by atoms with Crippen molar-refractivity contribution in [2.75, 3.05) is 13.1 Å². The highest BCUT2D eigenvalue weighted by molar-refractivity contribution is 5.19. The summed E-state index contributed by atoms with van der Waals surface area (Å²) in [7, 11) is 0. The third-order valence-corrected chi connectivity index (χ3v) is 5.19. The summed E-state index contributed by atoms with van der Waals surface area (Å²) in [4.78, 5) is 2.72. The second-order valence-corrected chi connectivity index (χ2v) is 6.47. The SMILES string of the molecule is CC(CC(CN)N1CC2CCC1C2)c1ccccc1. The maximum Gasteiger partial charge on any atom is 0.0227 e. The van der Waals surface area contributed by atoms with Crippen LogP contribution in [-0.2, 0) is 0 Å². The van der Waals surface area contributed by atoms with Crippen LogP contribution in [0.3, 0.4) is 0 Å². The maximum absolute atomic E-state index is 6.07. The van der Waals surface area contributed by atoms with Gasteiger partial charge in [-0.3, -0.25) is 4.90 Å². The van der Waals surface area contributed by atoms with Crippen LogP contribution in [0.5, 0.6) is 0 Å². The van der Waals surface area contributed by atoms with E-state index in [0.717, 1.165) is 18.5 Å². The minimum Gasteiger partial charge on any atom is -0.329 e. The normalized spacial score (nSPS) is 29.6. The number of nitrogens with two attached hydrogens (primary N) is 1. The molecule has 1 aliphatic carbocycles. The fourth-order valence-corrected chi connectivity index (χ4v) is 4.10. The van der Waals surface area contributed by atoms with E-state index in [9.17, 15) is 0 Å². The minimum atomic E-state index is 0.575. The van der Waals surface area contributed by atoms with Crippen molar-refractivity contribution in [1.82, 2.24) is 4.90 Å². The molecule has 0 radical (unpaired) electrons. The van der Waals surface area contributed by atoms with Crippen LogP contribution in [-0.4, -0.2) is 30.1 Å². The summed E-state index contributed by atoms with van der Waals surface area (Å²) in [5.74, 6) is 1.57. The Morgan fingerprint density at radius 2 is 2.05 bits per heavy atom. The van der Waals surface area contributed by atoms with Gasteiger partial charge in [-0.1, -0.05) is 37.3 Å². The lowest BCUT2D eigenvalue weighted by Gasteiger charge is -2.35. The summed E-state index contributed by atoms with van der Waals surface area (Å²) in [6, 6.07) is 12.3. The first-order valence-corrected chi connectivity index (χ1v) is 7.78. The quantitative estimate of drug-likeness (QED) is 0.879. The summed E-state index contributed by atoms with van der Waals surface area (Å²) in [6.45, 7) is 4.45. The molecule has 1 heterocycles. The molecule has 2 bridgehead atoms. The van der Waals surface area contributed by atoms with Crippen molar-refractivity contribution in [2.45, 2.75) is 50.6 Å². The molecule has 2 heteroatoms. The van der Waals surface area contributed by atoms with Gasteiger partial charge in [0.15, 0.2) is 0 Å². The van der Waals surface area contributed by atoms with E-state index in [4.69, 9.17) is 5.73 Å². The average molecular weight is 258 g/mol. The van der Waals surface area contributed by atoms with Gasteiger partial charge in [-0.15, -0.1) is 0 Å². The standard InChI is InChI=1S/C17H26N2/c1-13(15-5-3-2-4-6-15)9-17(11-18)19-12-14-7-8-16(19)10-14/h2-6,13-14,16-17H,7-12,18H2,1H3. The summed E-state index contributed by atoms with van der Waals surface area (Å²) >= 11 is 0. The van der Waals surface area contributed by atoms with Gasteiger partial charge in [-0.05, 0) is 43.1 Å². The average Bonchev–Trinajstić information content (AvgIpc) is 3.08. The second-order valence-electron chi connectivity index (χ2n) is 6.47. The third-order valence-electron chi connectivity index (χ3n) is 5.19. The van der Waals surface area contributed by atoms with Crippen LogP contribution in [0.1, 0.15) is 44.1 Å². The number of likely N-dealkylation sites (tertiary alicyclic amines) is 1. The van der Waals surface area contributed by atoms with E-state index in [2.05, 4.69) is 42.2 Å². The summed E-state index contributed by atoms with van der Waals surface area (Å²) in [6.07, 6.45) is 5.48. The maximum atomic E-state index is 6.07. The first kappa shape index (κ1) is 13.1. The van der Waals surface area contributed by atoms with Crippen molar-refractivity contribution in [3.05, 3.63) is 35.9 Å². The molecule has 1 aromatic carbocycles. The molecule has 0 amide bonds. The fraction of sp³-hybridized carbons (Fsp3) is 0.647. The molecule has 19 heavy (non-hydrogen) atoms. The van der Waals surface area contributed by atoms with Crippen LogP contribution in [0, 0.1) is 5.92 Å². The molecule has 2 nitrogen and oxygen atoms in total. The number of benzene rings is 1. The first-order chi connectivity index (χ1) is 9.28. The Kier molecular flexibility index (Phi) is 3.90. The molecule has 4 unspecified atom stereocenters. The summed E-state index contributed by atoms with van der Waals surface area (Å²) in [5.41, 5.74) is 7.52. The van der Waals surface area contributed by atoms with Gasteiger partial charge in [0.25, 0.3) is 0 Å². The van der Waals surface area contributed by atoms with Gasteiger partial charge >= 0.3 is 0 Å². The number of piperidine rings is 1. The van der Waals surface area contributed by atoms with Crippen molar-refractivity contribution < 1.29 is 0 Å². The molecule has 104 valence electrons. The molecular weight excluding hydrogens is 232 g/mol. The largest absolute Gasteiger partial charge is 0.329 e. The van der Waals surface area contributed by atoms with Crippen LogP contribution in [0.4, 0.5) is 0 Å². The molecule has 3 rings (SSSR count). The zero-order valence-electron chi connectivity index (χ0n) is 12.0. The van der Waals surface area contributed by atoms with Crippen LogP contribution >= 0.6 is 0 Å². The Hall–Kier alpha value is -0.860. The van der Waals surface area contributed by atoms with E-state index in [-0.39, 0.29) is 0 Å². The van der Waals surface area contributed by atoms with Gasteiger partial charge in [0.05, 0.1) is 0 Å². The van der Waals surface area contributed by atoms with E-state index in [1.165, 1.54) is 37.8 Å². The van der Waals surface area contributed by atoms with Crippen molar-refractivity contribution >= 4 is 0 Å². The highest BCUT2D eigenvalue weighted by Crippen LogP contribution is 2.39. The Morgan fingerprint density at radius 3 is 2.63 bits per heavy atom. The minimum absolute atomic E-state index is 0.575. The summed E-state index contributed by atoms with van der Waals surface area (Å²) < 4.78 is 0. The second kappa shape index (κ2) is 5.64. The third kappa shape index (κ3) is 2.70. The monoisotopic (exact) mass is 258 g/mol. The molecule has 1 saturated heterocycles. The lowest BCUT2D eigenvalue weighted by molar-refractivity contribution is 0.141. The van der Waals surface area contributed by atoms with Crippen LogP contribution < -0.4 is 5.73 Å². The van der Waals surface area contributed by atoms with E-state index in [1.807, 2.05) is 0 Å². The van der Waals surface area contributed by atoms with Gasteiger partial charge < -0.3 is 5.73 Å². The van der Waals surface area contributed by atoms with Gasteiger partial charge in [0.2, 0.25) is 0 Å². The molecule has 2 aliphatic rings. The molecular formula is C17H26N2. The van der Waals surface area contributed by atoms with Crippen LogP contribution in [0.25, 0.3) is 0 Å². The van der Waals surface area contributed by atoms with E-state index < -0.39 is 0 Å². The topological polar surface area (TPSA) is 29.3 Å². The molecule has 1 aliphatic heterocycles. The highest BCUT2D eigenvalue weighted by atomic mass is 15.2. The molecule has 2 N–H and O–H groups in total. The van der Waals surface area contributed by atoms with Gasteiger partial charge in [-0.25, -0.2) is 0 Å². The Bertz CT molecular complexity index is 403. The molecule has 4 atom stereocenters. The van der Waals surface area contributed by atoms with E-state index in [1.54, 1.807) is 0 Å². The lowest BCUT2D eigenvalue weighted by Crippen LogP contribution is -2.45. The van der Waals surface area contributed by atoms with Crippen molar-refractivity contribution in [3.63, 3.8) is 0 Å². The zero-order chi connectivity index (χ0) is 13.2. The lowest BCUT2D eigenvalue weighted by atomic mass is 9.92. The molecule has 1 saturated carbocycles. The number of nitrogens with zero attached hydrogens (tertiary/aromatic N) is 1. The van der Waals surface area contributed by atoms with Crippen molar-refractivity contribution in [2.24, 2.45) is 11.7 Å². The van der Waals surface area contributed by atoms with Crippen LogP contribution in [0.2, 0.25) is 0 Å². The first-order valence-electron chi connectivity index (χ1n) is 7.78. The predicted octanol–water partition coefficient (Wildman–Crippen LogP) is 2.99. The van der Waals surface area contributed by atoms with Gasteiger partial charge in [-0.2, -0.15) is 0 Å². The Morgan fingerprint density at radius 1 is 1.26 bits per heavy atom. The van der Waals surface area contributed by atoms with Gasteiger partial charge in [0.1, 0.15) is 0 Å². The predicted molar refractivity (Wildman–Crippen MR) is 80.2 cm³/mol. The van der Waals surface area contributed by atoms with E-state index >= 15 is 0 Å². The van der Waals surface area contributed by atoms with Gasteiger partial charge in [0, 0.05) is 25.2 Å². The zero-order valence-corrected chi connectivity index (χ0v) is 12.0. The number of fused-ring (bicyclic) bond motifs is 2. The van der Waals surface area contributed by atoms with Crippen LogP contribution in [0.15, 0.2) is 30.3 Å². The Balaban J connectivity index is 1.64. The summed E-state index contributed by atoms with van der Waals surface area (Å²) in [5, 5.41) is 0. The number of hydrogen-bond donors (Lipinski definition) is 1. The van der Waals surface area contributed by atoms with Crippen molar-refractivity contribution in [1.29, 1.82) is 0 Å². The molecule has 1 aromatic rings. The highest BCUT2D eigenvalue weighted by Gasteiger charge is 2.40. The smallest absolute Gasteiger partial charge is 0.0227 e. The fourth-order valence-electron chi connectivity index (χ4n) is 4.10. The molecule has 0 aromatic heterocycles. The number of hydrogen-bond acceptors (Lipinski definition) is 2. The van der Waals surface area contributed by atoms with E-state index in [0.29, 0.717) is 12.0 Å². The van der Waals surface area contributed by atoms with Crippen molar-refractivity contribution in [3.8, 4) is 0 Å². The molecule has 2 fully saturated rings.